The van der Waals surface area contributed by atoms with E-state index >= 15 is 0 Å². The van der Waals surface area contributed by atoms with Gasteiger partial charge in [-0.2, -0.15) is 0 Å². The molecule has 0 atom stereocenters. The first-order valence-corrected chi connectivity index (χ1v) is 10.2. The molecule has 0 fully saturated rings. The van der Waals surface area contributed by atoms with Crippen LogP contribution in [0.25, 0.3) is 0 Å². The molecular weight excluding hydrogens is 356 g/mol. The number of benzene rings is 2. The molecule has 0 saturated heterocycles. The van der Waals surface area contributed by atoms with Gasteiger partial charge in [0.1, 0.15) is 16.4 Å². The van der Waals surface area contributed by atoms with E-state index < -0.39 is 31.4 Å². The van der Waals surface area contributed by atoms with Gasteiger partial charge in [-0.05, 0) is 36.4 Å². The van der Waals surface area contributed by atoms with Crippen LogP contribution in [0, 0.1) is 0 Å². The molecule has 1 N–H and O–H groups in total. The summed E-state index contributed by atoms with van der Waals surface area (Å²) in [5.41, 5.74) is 0.0229. The van der Waals surface area contributed by atoms with Crippen LogP contribution in [0.4, 0.5) is 0 Å². The third kappa shape index (κ3) is 2.87. The molecule has 0 amide bonds. The van der Waals surface area contributed by atoms with Crippen LogP contribution in [0.1, 0.15) is 15.9 Å². The molecule has 2 aromatic carbocycles. The number of sulfone groups is 2. The third-order valence-electron chi connectivity index (χ3n) is 3.55. The largest absolute Gasteiger partial charge is 0.478 e. The second-order valence-electron chi connectivity index (χ2n) is 5.37. The Bertz CT molecular complexity index is 1070. The quantitative estimate of drug-likeness (QED) is 0.860. The first-order chi connectivity index (χ1) is 11.1. The predicted octanol–water partition coefficient (Wildman–Crippen LogP) is 1.87. The highest BCUT2D eigenvalue weighted by Gasteiger charge is 2.28. The second kappa shape index (κ2) is 5.32. The number of carboxylic acids is 1. The van der Waals surface area contributed by atoms with E-state index in [0.29, 0.717) is 0 Å². The van der Waals surface area contributed by atoms with Crippen LogP contribution < -0.4 is 4.74 Å². The summed E-state index contributed by atoms with van der Waals surface area (Å²) in [4.78, 5) is 10.8. The van der Waals surface area contributed by atoms with Gasteiger partial charge in [-0.3, -0.25) is 0 Å². The number of carboxylic acid groups (broad SMARTS) is 1. The Hall–Kier alpha value is -2.39. The molecule has 1 aliphatic rings. The first-order valence-electron chi connectivity index (χ1n) is 6.69. The van der Waals surface area contributed by atoms with Crippen molar-refractivity contribution in [2.24, 2.45) is 0 Å². The van der Waals surface area contributed by atoms with Crippen molar-refractivity contribution in [1.82, 2.24) is 0 Å². The topological polar surface area (TPSA) is 115 Å². The Kier molecular flexibility index (Phi) is 3.65. The summed E-state index contributed by atoms with van der Waals surface area (Å²) in [5.74, 6) is -1.52. The van der Waals surface area contributed by atoms with Gasteiger partial charge in [0.05, 0.1) is 16.2 Å². The van der Waals surface area contributed by atoms with Crippen molar-refractivity contribution in [2.75, 3.05) is 6.26 Å². The van der Waals surface area contributed by atoms with Gasteiger partial charge in [0.2, 0.25) is 0 Å². The smallest absolute Gasteiger partial charge is 0.335 e. The Morgan fingerprint density at radius 2 is 1.79 bits per heavy atom. The number of ether oxygens (including phenoxy) is 1. The number of rotatable bonds is 2. The van der Waals surface area contributed by atoms with Gasteiger partial charge in [-0.1, -0.05) is 0 Å². The average molecular weight is 368 g/mol. The van der Waals surface area contributed by atoms with E-state index in [-0.39, 0.29) is 32.4 Å². The lowest BCUT2D eigenvalue weighted by atomic mass is 10.2. The van der Waals surface area contributed by atoms with E-state index in [1.807, 2.05) is 0 Å². The maximum absolute atomic E-state index is 12.6. The lowest BCUT2D eigenvalue weighted by molar-refractivity contribution is 0.0696. The van der Waals surface area contributed by atoms with Crippen LogP contribution in [0.5, 0.6) is 11.5 Å². The Morgan fingerprint density at radius 3 is 2.42 bits per heavy atom. The van der Waals surface area contributed by atoms with Gasteiger partial charge in [0.25, 0.3) is 0 Å². The van der Waals surface area contributed by atoms with Crippen molar-refractivity contribution in [1.29, 1.82) is 0 Å². The molecule has 7 nitrogen and oxygen atoms in total. The van der Waals surface area contributed by atoms with Crippen LogP contribution in [-0.2, 0) is 25.4 Å². The molecule has 2 aromatic rings. The first kappa shape index (κ1) is 16.5. The highest BCUT2D eigenvalue weighted by atomic mass is 32.2. The SMILES string of the molecule is CS(=O)(=O)c1ccc2c(c1)CS(=O)(=O)c1cc(C(=O)O)ccc1O2. The number of hydrogen-bond acceptors (Lipinski definition) is 6. The lowest BCUT2D eigenvalue weighted by Crippen LogP contribution is -2.06. The summed E-state index contributed by atoms with van der Waals surface area (Å²) in [6, 6.07) is 7.53. The summed E-state index contributed by atoms with van der Waals surface area (Å²) in [6.07, 6.45) is 1.02. The molecule has 126 valence electrons. The fraction of sp³-hybridized carbons (Fsp3) is 0.133. The van der Waals surface area contributed by atoms with Crippen molar-refractivity contribution in [3.05, 3.63) is 47.5 Å². The fourth-order valence-electron chi connectivity index (χ4n) is 2.37. The van der Waals surface area contributed by atoms with E-state index in [4.69, 9.17) is 9.84 Å². The van der Waals surface area contributed by atoms with Crippen molar-refractivity contribution < 1.29 is 31.5 Å². The molecule has 0 bridgehead atoms. The molecule has 3 rings (SSSR count). The standard InChI is InChI=1S/C15H12O7S2/c1-23(18,19)11-3-5-12-10(6-11)8-24(20,21)14-7-9(15(16)17)2-4-13(14)22-12/h2-7H,8H2,1H3,(H,16,17). The molecule has 0 unspecified atom stereocenters. The van der Waals surface area contributed by atoms with Crippen molar-refractivity contribution in [3.63, 3.8) is 0 Å². The minimum absolute atomic E-state index is 0.00542. The summed E-state index contributed by atoms with van der Waals surface area (Å²) in [5, 5.41) is 9.02. The number of aromatic carboxylic acids is 1. The summed E-state index contributed by atoms with van der Waals surface area (Å²) >= 11 is 0. The normalized spacial score (nSPS) is 15.5. The van der Waals surface area contributed by atoms with Gasteiger partial charge in [0.15, 0.2) is 19.7 Å². The van der Waals surface area contributed by atoms with E-state index in [1.54, 1.807) is 0 Å². The minimum Gasteiger partial charge on any atom is -0.478 e. The van der Waals surface area contributed by atoms with Gasteiger partial charge in [0, 0.05) is 11.8 Å². The van der Waals surface area contributed by atoms with Gasteiger partial charge < -0.3 is 9.84 Å². The highest BCUT2D eigenvalue weighted by Crippen LogP contribution is 2.38. The van der Waals surface area contributed by atoms with Crippen LogP contribution in [0.3, 0.4) is 0 Å². The van der Waals surface area contributed by atoms with Crippen LogP contribution in [-0.4, -0.2) is 34.2 Å². The molecule has 1 heterocycles. The van der Waals surface area contributed by atoms with Crippen molar-refractivity contribution >= 4 is 25.6 Å². The minimum atomic E-state index is -3.89. The predicted molar refractivity (Wildman–Crippen MR) is 83.9 cm³/mol. The van der Waals surface area contributed by atoms with E-state index in [1.165, 1.54) is 30.3 Å². The number of carbonyl (C=O) groups is 1. The molecule has 24 heavy (non-hydrogen) atoms. The molecule has 0 saturated carbocycles. The van der Waals surface area contributed by atoms with E-state index in [0.717, 1.165) is 12.3 Å². The summed E-state index contributed by atoms with van der Waals surface area (Å²) < 4.78 is 54.0. The van der Waals surface area contributed by atoms with Gasteiger partial charge >= 0.3 is 5.97 Å². The van der Waals surface area contributed by atoms with E-state index in [9.17, 15) is 21.6 Å². The third-order valence-corrected chi connectivity index (χ3v) is 6.34. The molecule has 1 aliphatic heterocycles. The van der Waals surface area contributed by atoms with Crippen LogP contribution in [0.15, 0.2) is 46.2 Å². The number of fused-ring (bicyclic) bond motifs is 2. The Morgan fingerprint density at radius 1 is 1.12 bits per heavy atom. The maximum atomic E-state index is 12.6. The van der Waals surface area contributed by atoms with Crippen molar-refractivity contribution in [2.45, 2.75) is 15.5 Å². The van der Waals surface area contributed by atoms with Gasteiger partial charge in [-0.25, -0.2) is 21.6 Å². The molecule has 0 aliphatic carbocycles. The molecular formula is C15H12O7S2. The highest BCUT2D eigenvalue weighted by molar-refractivity contribution is 7.91. The van der Waals surface area contributed by atoms with Crippen LogP contribution in [0.2, 0.25) is 0 Å². The second-order valence-corrected chi connectivity index (χ2v) is 9.34. The maximum Gasteiger partial charge on any atom is 0.335 e. The lowest BCUT2D eigenvalue weighted by Gasteiger charge is -2.09. The fourth-order valence-corrected chi connectivity index (χ4v) is 4.55. The number of hydrogen-bond donors (Lipinski definition) is 1. The zero-order valence-electron chi connectivity index (χ0n) is 12.4. The van der Waals surface area contributed by atoms with Crippen LogP contribution >= 0.6 is 0 Å². The molecule has 0 radical (unpaired) electrons. The Labute approximate surface area is 138 Å². The zero-order valence-corrected chi connectivity index (χ0v) is 14.0. The van der Waals surface area contributed by atoms with Gasteiger partial charge in [-0.15, -0.1) is 0 Å². The van der Waals surface area contributed by atoms with E-state index in [2.05, 4.69) is 0 Å². The monoisotopic (exact) mass is 368 g/mol. The molecule has 9 heteroatoms. The molecule has 0 aromatic heterocycles. The zero-order chi connectivity index (χ0) is 17.7. The molecule has 0 spiro atoms. The van der Waals surface area contributed by atoms with Crippen molar-refractivity contribution in [3.8, 4) is 11.5 Å². The average Bonchev–Trinajstić information content (AvgIpc) is 2.58. The summed E-state index contributed by atoms with van der Waals surface area (Å²) in [7, 11) is -7.39. The Balaban J connectivity index is 2.20. The summed E-state index contributed by atoms with van der Waals surface area (Å²) in [6.45, 7) is 0.